The van der Waals surface area contributed by atoms with Crippen LogP contribution in [0.5, 0.6) is 0 Å². The maximum Gasteiger partial charge on any atom is 0.334 e. The zero-order valence-corrected chi connectivity index (χ0v) is 7.71. The van der Waals surface area contributed by atoms with Crippen LogP contribution in [0.1, 0.15) is 22.1 Å². The maximum absolute atomic E-state index is 11.8. The molecule has 0 saturated heterocycles. The summed E-state index contributed by atoms with van der Waals surface area (Å²) in [6.45, 7) is 0. The quantitative estimate of drug-likeness (QED) is 0.593. The molecule has 0 N–H and O–H groups in total. The van der Waals surface area contributed by atoms with Gasteiger partial charge in [0.05, 0.1) is 0 Å². The smallest absolute Gasteiger partial charge is 0.334 e. The SMILES string of the molecule is O=C1C=CN2C(=O)c3ccccc3C2O1. The van der Waals surface area contributed by atoms with Gasteiger partial charge >= 0.3 is 5.97 Å². The zero-order valence-electron chi connectivity index (χ0n) is 7.71. The minimum atomic E-state index is -0.578. The van der Waals surface area contributed by atoms with E-state index < -0.39 is 12.2 Å². The molecule has 2 heterocycles. The van der Waals surface area contributed by atoms with Crippen LogP contribution in [0.3, 0.4) is 0 Å². The monoisotopic (exact) mass is 201 g/mol. The van der Waals surface area contributed by atoms with Crippen LogP contribution in [0.15, 0.2) is 36.5 Å². The molecule has 1 atom stereocenters. The molecule has 4 nitrogen and oxygen atoms in total. The van der Waals surface area contributed by atoms with Crippen molar-refractivity contribution >= 4 is 11.9 Å². The van der Waals surface area contributed by atoms with E-state index in [-0.39, 0.29) is 5.91 Å². The molecule has 2 aliphatic heterocycles. The third-order valence-electron chi connectivity index (χ3n) is 2.54. The topological polar surface area (TPSA) is 46.6 Å². The van der Waals surface area contributed by atoms with Crippen molar-refractivity contribution in [2.45, 2.75) is 6.23 Å². The fourth-order valence-electron chi connectivity index (χ4n) is 1.86. The Balaban J connectivity index is 2.17. The van der Waals surface area contributed by atoms with E-state index in [0.717, 1.165) is 5.56 Å². The van der Waals surface area contributed by atoms with Crippen molar-refractivity contribution in [3.8, 4) is 0 Å². The summed E-state index contributed by atoms with van der Waals surface area (Å²) in [4.78, 5) is 24.3. The van der Waals surface area contributed by atoms with Crippen molar-refractivity contribution in [1.82, 2.24) is 4.90 Å². The first-order chi connectivity index (χ1) is 7.27. The van der Waals surface area contributed by atoms with Gasteiger partial charge in [-0.25, -0.2) is 4.79 Å². The van der Waals surface area contributed by atoms with Crippen molar-refractivity contribution in [1.29, 1.82) is 0 Å². The molecule has 0 fully saturated rings. The van der Waals surface area contributed by atoms with E-state index >= 15 is 0 Å². The molecule has 1 unspecified atom stereocenters. The summed E-state index contributed by atoms with van der Waals surface area (Å²) in [6.07, 6.45) is 2.14. The molecule has 3 rings (SSSR count). The molecule has 0 aliphatic carbocycles. The Morgan fingerprint density at radius 1 is 1.20 bits per heavy atom. The summed E-state index contributed by atoms with van der Waals surface area (Å²) in [5.74, 6) is -0.542. The molecule has 0 saturated carbocycles. The van der Waals surface area contributed by atoms with Gasteiger partial charge in [-0.3, -0.25) is 9.69 Å². The van der Waals surface area contributed by atoms with Crippen LogP contribution in [-0.2, 0) is 9.53 Å². The minimum Gasteiger partial charge on any atom is -0.433 e. The summed E-state index contributed by atoms with van der Waals surface area (Å²) in [5.41, 5.74) is 1.35. The number of amides is 1. The van der Waals surface area contributed by atoms with Gasteiger partial charge in [0.15, 0.2) is 0 Å². The molecule has 1 aromatic rings. The number of carbonyl (C=O) groups excluding carboxylic acids is 2. The van der Waals surface area contributed by atoms with Gasteiger partial charge in [0.25, 0.3) is 5.91 Å². The number of fused-ring (bicyclic) bond motifs is 3. The molecule has 1 amide bonds. The molecule has 4 heteroatoms. The van der Waals surface area contributed by atoms with Gasteiger partial charge in [-0.1, -0.05) is 18.2 Å². The largest absolute Gasteiger partial charge is 0.433 e. The lowest BCUT2D eigenvalue weighted by Crippen LogP contribution is -2.29. The third-order valence-corrected chi connectivity index (χ3v) is 2.54. The van der Waals surface area contributed by atoms with Gasteiger partial charge in [-0.05, 0) is 6.07 Å². The average molecular weight is 201 g/mol. The number of hydrogen-bond acceptors (Lipinski definition) is 3. The summed E-state index contributed by atoms with van der Waals surface area (Å²) < 4.78 is 5.09. The molecule has 0 aromatic heterocycles. The van der Waals surface area contributed by atoms with Gasteiger partial charge in [0.1, 0.15) is 0 Å². The molecule has 0 bridgehead atoms. The number of rotatable bonds is 0. The van der Waals surface area contributed by atoms with Crippen LogP contribution in [0.25, 0.3) is 0 Å². The Morgan fingerprint density at radius 2 is 2.00 bits per heavy atom. The van der Waals surface area contributed by atoms with E-state index in [1.54, 1.807) is 18.2 Å². The highest BCUT2D eigenvalue weighted by molar-refractivity contribution is 6.01. The van der Waals surface area contributed by atoms with E-state index in [4.69, 9.17) is 4.74 Å². The molecule has 15 heavy (non-hydrogen) atoms. The fraction of sp³-hybridized carbons (Fsp3) is 0.0909. The van der Waals surface area contributed by atoms with Crippen LogP contribution < -0.4 is 0 Å². The van der Waals surface area contributed by atoms with Crippen LogP contribution in [0.4, 0.5) is 0 Å². The molecule has 1 aromatic carbocycles. The summed E-state index contributed by atoms with van der Waals surface area (Å²) in [5, 5.41) is 0. The van der Waals surface area contributed by atoms with Crippen LogP contribution in [0.2, 0.25) is 0 Å². The number of nitrogens with zero attached hydrogens (tertiary/aromatic N) is 1. The van der Waals surface area contributed by atoms with Crippen molar-refractivity contribution in [3.05, 3.63) is 47.7 Å². The second kappa shape index (κ2) is 2.70. The molecule has 0 radical (unpaired) electrons. The van der Waals surface area contributed by atoms with Crippen molar-refractivity contribution in [3.63, 3.8) is 0 Å². The molecular formula is C11H7NO3. The van der Waals surface area contributed by atoms with E-state index in [0.29, 0.717) is 5.56 Å². The first kappa shape index (κ1) is 8.23. The Hall–Kier alpha value is -2.10. The average Bonchev–Trinajstić information content (AvgIpc) is 2.54. The Labute approximate surface area is 85.8 Å². The van der Waals surface area contributed by atoms with Gasteiger partial charge in [-0.2, -0.15) is 0 Å². The number of ether oxygens (including phenoxy) is 1. The van der Waals surface area contributed by atoms with Crippen molar-refractivity contribution < 1.29 is 14.3 Å². The Morgan fingerprint density at radius 3 is 2.87 bits per heavy atom. The van der Waals surface area contributed by atoms with Crippen molar-refractivity contribution in [2.24, 2.45) is 0 Å². The van der Waals surface area contributed by atoms with E-state index in [9.17, 15) is 9.59 Å². The minimum absolute atomic E-state index is 0.126. The molecule has 74 valence electrons. The highest BCUT2D eigenvalue weighted by atomic mass is 16.6. The summed E-state index contributed by atoms with van der Waals surface area (Å²) in [7, 11) is 0. The standard InChI is InChI=1S/C11H7NO3/c13-9-5-6-12-10(14)7-3-1-2-4-8(7)11(12)15-9/h1-6,11H. The second-order valence-electron chi connectivity index (χ2n) is 3.40. The van der Waals surface area contributed by atoms with E-state index in [1.165, 1.54) is 17.2 Å². The number of benzene rings is 1. The normalized spacial score (nSPS) is 22.4. The maximum atomic E-state index is 11.8. The molecule has 2 aliphatic rings. The lowest BCUT2D eigenvalue weighted by atomic mass is 10.1. The first-order valence-corrected chi connectivity index (χ1v) is 4.58. The predicted molar refractivity (Wildman–Crippen MR) is 50.6 cm³/mol. The van der Waals surface area contributed by atoms with Crippen LogP contribution in [0, 0.1) is 0 Å². The molecule has 0 spiro atoms. The number of esters is 1. The van der Waals surface area contributed by atoms with Gasteiger partial charge in [0.2, 0.25) is 6.23 Å². The lowest BCUT2D eigenvalue weighted by Gasteiger charge is -2.24. The molecular weight excluding hydrogens is 194 g/mol. The number of hydrogen-bond donors (Lipinski definition) is 0. The summed E-state index contributed by atoms with van der Waals surface area (Å²) in [6, 6.07) is 7.14. The lowest BCUT2D eigenvalue weighted by molar-refractivity contribution is -0.151. The van der Waals surface area contributed by atoms with E-state index in [2.05, 4.69) is 0 Å². The van der Waals surface area contributed by atoms with Gasteiger partial charge in [-0.15, -0.1) is 0 Å². The predicted octanol–water partition coefficient (Wildman–Crippen LogP) is 1.21. The van der Waals surface area contributed by atoms with Gasteiger partial charge in [0, 0.05) is 23.4 Å². The first-order valence-electron chi connectivity index (χ1n) is 4.58. The fourth-order valence-corrected chi connectivity index (χ4v) is 1.86. The second-order valence-corrected chi connectivity index (χ2v) is 3.40. The van der Waals surface area contributed by atoms with Crippen molar-refractivity contribution in [2.75, 3.05) is 0 Å². The third kappa shape index (κ3) is 1.01. The highest BCUT2D eigenvalue weighted by Crippen LogP contribution is 2.36. The van der Waals surface area contributed by atoms with Crippen LogP contribution >= 0.6 is 0 Å². The zero-order chi connectivity index (χ0) is 10.4. The Bertz CT molecular complexity index is 492. The van der Waals surface area contributed by atoms with Gasteiger partial charge < -0.3 is 4.74 Å². The van der Waals surface area contributed by atoms with E-state index in [1.807, 2.05) is 6.07 Å². The Kier molecular flexibility index (Phi) is 1.48. The summed E-state index contributed by atoms with van der Waals surface area (Å²) >= 11 is 0. The highest BCUT2D eigenvalue weighted by Gasteiger charge is 2.39. The number of carbonyl (C=O) groups is 2. The van der Waals surface area contributed by atoms with Crippen LogP contribution in [-0.4, -0.2) is 16.8 Å².